The second-order valence-electron chi connectivity index (χ2n) is 4.97. The van der Waals surface area contributed by atoms with Crippen molar-refractivity contribution in [1.82, 2.24) is 10.3 Å². The first-order valence-corrected chi connectivity index (χ1v) is 5.95. The van der Waals surface area contributed by atoms with E-state index in [4.69, 9.17) is 4.74 Å². The minimum Gasteiger partial charge on any atom is -0.489 e. The Morgan fingerprint density at radius 1 is 1.41 bits per heavy atom. The van der Waals surface area contributed by atoms with Crippen LogP contribution >= 0.6 is 0 Å². The Morgan fingerprint density at radius 2 is 2.18 bits per heavy atom. The second-order valence-corrected chi connectivity index (χ2v) is 4.97. The van der Waals surface area contributed by atoms with Gasteiger partial charge in [0.15, 0.2) is 0 Å². The molecule has 0 saturated carbocycles. The van der Waals surface area contributed by atoms with Gasteiger partial charge in [0.2, 0.25) is 0 Å². The van der Waals surface area contributed by atoms with Gasteiger partial charge in [-0.05, 0) is 33.8 Å². The molecule has 17 heavy (non-hydrogen) atoms. The Bertz CT molecular complexity index is 367. The molecule has 1 rings (SSSR count). The van der Waals surface area contributed by atoms with Gasteiger partial charge >= 0.3 is 0 Å². The monoisotopic (exact) mass is 234 g/mol. The molecule has 1 aromatic heterocycles. The summed E-state index contributed by atoms with van der Waals surface area (Å²) < 4.78 is 5.68. The highest BCUT2D eigenvalue weighted by atomic mass is 16.5. The fraction of sp³-hybridized carbons (Fsp3) is 0.500. The second kappa shape index (κ2) is 6.40. The Hall–Kier alpha value is -1.35. The normalized spacial score (nSPS) is 12.0. The maximum absolute atomic E-state index is 5.68. The summed E-state index contributed by atoms with van der Waals surface area (Å²) in [5, 5.41) is 3.43. The minimum atomic E-state index is 0.0937. The zero-order chi connectivity index (χ0) is 12.7. The highest BCUT2D eigenvalue weighted by Gasteiger charge is 2.10. The number of rotatable bonds is 5. The van der Waals surface area contributed by atoms with Gasteiger partial charge < -0.3 is 10.1 Å². The van der Waals surface area contributed by atoms with Crippen molar-refractivity contribution in [1.29, 1.82) is 0 Å². The van der Waals surface area contributed by atoms with Crippen LogP contribution in [0.3, 0.4) is 0 Å². The number of hydrogen-bond donors (Lipinski definition) is 1. The summed E-state index contributed by atoms with van der Waals surface area (Å²) in [5.41, 5.74) is 1.18. The third kappa shape index (κ3) is 5.50. The van der Waals surface area contributed by atoms with Crippen molar-refractivity contribution in [3.63, 3.8) is 0 Å². The lowest BCUT2D eigenvalue weighted by molar-refractivity contribution is 0.351. The number of pyridine rings is 1. The molecule has 94 valence electrons. The summed E-state index contributed by atoms with van der Waals surface area (Å²) in [6, 6.07) is 1.91. The van der Waals surface area contributed by atoms with Crippen molar-refractivity contribution in [2.24, 2.45) is 0 Å². The molecular weight excluding hydrogens is 212 g/mol. The molecule has 0 unspecified atom stereocenters. The zero-order valence-electron chi connectivity index (χ0n) is 11.2. The molecule has 0 fully saturated rings. The largest absolute Gasteiger partial charge is 0.489 e. The summed E-state index contributed by atoms with van der Waals surface area (Å²) in [6.07, 6.45) is 7.57. The van der Waals surface area contributed by atoms with Crippen molar-refractivity contribution < 1.29 is 4.74 Å². The molecular formula is C14H22N2O. The number of nitrogens with one attached hydrogen (secondary N) is 1. The lowest BCUT2D eigenvalue weighted by atomic mass is 10.1. The molecule has 1 aromatic rings. The standard InChI is InChI=1S/C14H22N2O/c1-5-6-9-17-13-7-8-15-10-12(13)11-16-14(2,3)4/h5-8,10,16H,9,11H2,1-4H3/b6-5+. The van der Waals surface area contributed by atoms with E-state index in [1.165, 1.54) is 0 Å². The van der Waals surface area contributed by atoms with Crippen LogP contribution in [0.25, 0.3) is 0 Å². The predicted molar refractivity (Wildman–Crippen MR) is 71.1 cm³/mol. The van der Waals surface area contributed by atoms with Crippen LogP contribution in [0.2, 0.25) is 0 Å². The van der Waals surface area contributed by atoms with E-state index >= 15 is 0 Å². The van der Waals surface area contributed by atoms with Gasteiger partial charge in [0, 0.05) is 30.0 Å². The van der Waals surface area contributed by atoms with Gasteiger partial charge in [-0.2, -0.15) is 0 Å². The van der Waals surface area contributed by atoms with E-state index in [1.54, 1.807) is 6.20 Å². The van der Waals surface area contributed by atoms with Gasteiger partial charge in [-0.15, -0.1) is 0 Å². The first-order chi connectivity index (χ1) is 8.03. The Labute approximate surface area is 104 Å². The van der Waals surface area contributed by atoms with Crippen molar-refractivity contribution in [3.8, 4) is 5.75 Å². The SMILES string of the molecule is C/C=C/COc1ccncc1CNC(C)(C)C. The van der Waals surface area contributed by atoms with Crippen molar-refractivity contribution >= 4 is 0 Å². The van der Waals surface area contributed by atoms with Gasteiger partial charge in [0.1, 0.15) is 12.4 Å². The van der Waals surface area contributed by atoms with Gasteiger partial charge in [0.25, 0.3) is 0 Å². The predicted octanol–water partition coefficient (Wildman–Crippen LogP) is 2.92. The Morgan fingerprint density at radius 3 is 2.82 bits per heavy atom. The molecule has 0 saturated heterocycles. The number of allylic oxidation sites excluding steroid dienone is 1. The maximum Gasteiger partial charge on any atom is 0.127 e. The number of aromatic nitrogens is 1. The van der Waals surface area contributed by atoms with Crippen LogP contribution < -0.4 is 10.1 Å². The Kier molecular flexibility index (Phi) is 5.16. The summed E-state index contributed by atoms with van der Waals surface area (Å²) in [4.78, 5) is 4.14. The minimum absolute atomic E-state index is 0.0937. The molecule has 0 bridgehead atoms. The van der Waals surface area contributed by atoms with E-state index < -0.39 is 0 Å². The molecule has 0 aliphatic heterocycles. The topological polar surface area (TPSA) is 34.1 Å². The molecule has 0 aromatic carbocycles. The molecule has 0 radical (unpaired) electrons. The number of hydrogen-bond acceptors (Lipinski definition) is 3. The van der Waals surface area contributed by atoms with Crippen LogP contribution in [-0.4, -0.2) is 17.1 Å². The fourth-order valence-electron chi connectivity index (χ4n) is 1.28. The van der Waals surface area contributed by atoms with E-state index in [-0.39, 0.29) is 5.54 Å². The maximum atomic E-state index is 5.68. The highest BCUT2D eigenvalue weighted by molar-refractivity contribution is 5.30. The van der Waals surface area contributed by atoms with Crippen molar-refractivity contribution in [2.45, 2.75) is 39.8 Å². The third-order valence-electron chi connectivity index (χ3n) is 2.24. The van der Waals surface area contributed by atoms with Crippen LogP contribution in [0.1, 0.15) is 33.3 Å². The average molecular weight is 234 g/mol. The third-order valence-corrected chi connectivity index (χ3v) is 2.24. The van der Waals surface area contributed by atoms with E-state index in [1.807, 2.05) is 31.3 Å². The van der Waals surface area contributed by atoms with Gasteiger partial charge in [-0.25, -0.2) is 0 Å². The summed E-state index contributed by atoms with van der Waals surface area (Å²) in [6.45, 7) is 9.78. The molecule has 1 N–H and O–H groups in total. The first kappa shape index (κ1) is 13.7. The fourth-order valence-corrected chi connectivity index (χ4v) is 1.28. The summed E-state index contributed by atoms with van der Waals surface area (Å²) >= 11 is 0. The van der Waals surface area contributed by atoms with Crippen LogP contribution in [0.15, 0.2) is 30.6 Å². The molecule has 0 spiro atoms. The molecule has 3 heteroatoms. The van der Waals surface area contributed by atoms with Gasteiger partial charge in [0.05, 0.1) is 0 Å². The highest BCUT2D eigenvalue weighted by Crippen LogP contribution is 2.17. The lowest BCUT2D eigenvalue weighted by Gasteiger charge is -2.21. The lowest BCUT2D eigenvalue weighted by Crippen LogP contribution is -2.35. The molecule has 0 amide bonds. The van der Waals surface area contributed by atoms with Crippen LogP contribution in [-0.2, 0) is 6.54 Å². The molecule has 0 aliphatic rings. The van der Waals surface area contributed by atoms with E-state index in [0.717, 1.165) is 17.9 Å². The van der Waals surface area contributed by atoms with Crippen molar-refractivity contribution in [3.05, 3.63) is 36.2 Å². The van der Waals surface area contributed by atoms with Gasteiger partial charge in [-0.3, -0.25) is 4.98 Å². The molecule has 3 nitrogen and oxygen atoms in total. The van der Waals surface area contributed by atoms with E-state index in [0.29, 0.717) is 6.61 Å². The van der Waals surface area contributed by atoms with Crippen LogP contribution in [0.5, 0.6) is 5.75 Å². The number of nitrogens with zero attached hydrogens (tertiary/aromatic N) is 1. The molecule has 0 aliphatic carbocycles. The van der Waals surface area contributed by atoms with Crippen LogP contribution in [0, 0.1) is 0 Å². The number of ether oxygens (including phenoxy) is 1. The van der Waals surface area contributed by atoms with Crippen molar-refractivity contribution in [2.75, 3.05) is 6.61 Å². The first-order valence-electron chi connectivity index (χ1n) is 5.95. The average Bonchev–Trinajstić information content (AvgIpc) is 2.27. The molecule has 1 heterocycles. The smallest absolute Gasteiger partial charge is 0.127 e. The van der Waals surface area contributed by atoms with Gasteiger partial charge in [-0.1, -0.05) is 12.2 Å². The zero-order valence-corrected chi connectivity index (χ0v) is 11.2. The summed E-state index contributed by atoms with van der Waals surface area (Å²) in [7, 11) is 0. The summed E-state index contributed by atoms with van der Waals surface area (Å²) in [5.74, 6) is 0.898. The van der Waals surface area contributed by atoms with E-state index in [9.17, 15) is 0 Å². The quantitative estimate of drug-likeness (QED) is 0.795. The Balaban J connectivity index is 2.64. The molecule has 0 atom stereocenters. The van der Waals surface area contributed by atoms with Crippen LogP contribution in [0.4, 0.5) is 0 Å². The van der Waals surface area contributed by atoms with E-state index in [2.05, 4.69) is 31.1 Å².